The molecule has 0 unspecified atom stereocenters. The molecule has 2 heterocycles. The number of nitrogens with zero attached hydrogens (tertiary/aromatic N) is 3. The summed E-state index contributed by atoms with van der Waals surface area (Å²) in [6.07, 6.45) is 4.70. The van der Waals surface area contributed by atoms with E-state index in [9.17, 15) is 13.2 Å². The molecule has 3 aromatic rings. The van der Waals surface area contributed by atoms with Crippen LogP contribution in [0.3, 0.4) is 0 Å². The van der Waals surface area contributed by atoms with Gasteiger partial charge in [0.05, 0.1) is 10.6 Å². The predicted molar refractivity (Wildman–Crippen MR) is 103 cm³/mol. The molecule has 0 saturated carbocycles. The van der Waals surface area contributed by atoms with E-state index in [2.05, 4.69) is 25.0 Å². The van der Waals surface area contributed by atoms with Gasteiger partial charge in [-0.1, -0.05) is 17.8 Å². The Labute approximate surface area is 160 Å². The highest BCUT2D eigenvalue weighted by Crippen LogP contribution is 2.18. The quantitative estimate of drug-likeness (QED) is 0.461. The summed E-state index contributed by atoms with van der Waals surface area (Å²) >= 11 is 1.21. The van der Waals surface area contributed by atoms with Crippen LogP contribution in [-0.4, -0.2) is 35.0 Å². The lowest BCUT2D eigenvalue weighted by atomic mass is 10.3. The molecule has 8 nitrogen and oxygen atoms in total. The summed E-state index contributed by atoms with van der Waals surface area (Å²) in [6.45, 7) is 0. The third-order valence-corrected chi connectivity index (χ3v) is 5.47. The Kier molecular flexibility index (Phi) is 5.99. The summed E-state index contributed by atoms with van der Waals surface area (Å²) in [4.78, 5) is 24.0. The van der Waals surface area contributed by atoms with Crippen LogP contribution in [0.2, 0.25) is 0 Å². The van der Waals surface area contributed by atoms with E-state index in [1.165, 1.54) is 42.2 Å². The Balaban J connectivity index is 1.59. The number of thioether (sulfide) groups is 1. The lowest BCUT2D eigenvalue weighted by molar-refractivity contribution is -0.113. The number of nitrogens with one attached hydrogen (secondary N) is 2. The van der Waals surface area contributed by atoms with Crippen LogP contribution in [0.15, 0.2) is 77.2 Å². The van der Waals surface area contributed by atoms with E-state index in [0.29, 0.717) is 10.8 Å². The van der Waals surface area contributed by atoms with E-state index in [0.717, 1.165) is 0 Å². The fraction of sp³-hybridized carbons (Fsp3) is 0.0588. The first-order chi connectivity index (χ1) is 13.0. The van der Waals surface area contributed by atoms with Crippen LogP contribution in [0.25, 0.3) is 0 Å². The van der Waals surface area contributed by atoms with Crippen LogP contribution in [0.5, 0.6) is 0 Å². The van der Waals surface area contributed by atoms with Crippen molar-refractivity contribution < 1.29 is 13.2 Å². The summed E-state index contributed by atoms with van der Waals surface area (Å²) in [5, 5.41) is 3.21. The molecule has 0 bridgehead atoms. The van der Waals surface area contributed by atoms with Crippen LogP contribution in [-0.2, 0) is 14.8 Å². The Bertz CT molecular complexity index is 998. The number of hydrogen-bond donors (Lipinski definition) is 2. The summed E-state index contributed by atoms with van der Waals surface area (Å²) < 4.78 is 27.1. The molecule has 1 amide bonds. The molecule has 27 heavy (non-hydrogen) atoms. The average molecular weight is 401 g/mol. The molecule has 0 aliphatic rings. The van der Waals surface area contributed by atoms with Gasteiger partial charge in [0.2, 0.25) is 5.91 Å². The van der Waals surface area contributed by atoms with Crippen molar-refractivity contribution in [1.29, 1.82) is 0 Å². The first-order valence-electron chi connectivity index (χ1n) is 7.76. The second-order valence-electron chi connectivity index (χ2n) is 5.21. The van der Waals surface area contributed by atoms with E-state index < -0.39 is 10.0 Å². The molecular weight excluding hydrogens is 386 g/mol. The highest BCUT2D eigenvalue weighted by Gasteiger charge is 2.15. The fourth-order valence-corrected chi connectivity index (χ4v) is 3.64. The van der Waals surface area contributed by atoms with Gasteiger partial charge in [-0.25, -0.2) is 23.4 Å². The van der Waals surface area contributed by atoms with E-state index >= 15 is 0 Å². The first kappa shape index (κ1) is 18.8. The van der Waals surface area contributed by atoms with Gasteiger partial charge in [-0.2, -0.15) is 0 Å². The van der Waals surface area contributed by atoms with Crippen molar-refractivity contribution in [2.75, 3.05) is 15.8 Å². The zero-order chi connectivity index (χ0) is 19.1. The second-order valence-corrected chi connectivity index (χ2v) is 7.84. The number of pyridine rings is 1. The zero-order valence-corrected chi connectivity index (χ0v) is 15.6. The maximum atomic E-state index is 12.3. The molecule has 0 spiro atoms. The van der Waals surface area contributed by atoms with Gasteiger partial charge in [0.25, 0.3) is 10.0 Å². The van der Waals surface area contributed by atoms with Gasteiger partial charge in [0.15, 0.2) is 5.16 Å². The number of hydrogen-bond acceptors (Lipinski definition) is 7. The van der Waals surface area contributed by atoms with E-state index in [1.54, 1.807) is 36.7 Å². The first-order valence-corrected chi connectivity index (χ1v) is 10.2. The molecular formula is C17H15N5O3S2. The molecule has 0 aliphatic heterocycles. The van der Waals surface area contributed by atoms with Crippen molar-refractivity contribution in [3.8, 4) is 0 Å². The Hall–Kier alpha value is -2.98. The molecule has 2 aromatic heterocycles. The zero-order valence-electron chi connectivity index (χ0n) is 13.9. The Morgan fingerprint density at radius 2 is 1.63 bits per heavy atom. The number of amides is 1. The van der Waals surface area contributed by atoms with E-state index in [4.69, 9.17) is 0 Å². The van der Waals surface area contributed by atoms with Gasteiger partial charge in [0.1, 0.15) is 5.82 Å². The smallest absolute Gasteiger partial charge is 0.263 e. The van der Waals surface area contributed by atoms with Gasteiger partial charge in [-0.05, 0) is 42.5 Å². The molecule has 138 valence electrons. The van der Waals surface area contributed by atoms with Crippen molar-refractivity contribution in [3.63, 3.8) is 0 Å². The lowest BCUT2D eigenvalue weighted by Crippen LogP contribution is -2.15. The van der Waals surface area contributed by atoms with Crippen molar-refractivity contribution in [1.82, 2.24) is 15.0 Å². The number of aromatic nitrogens is 3. The van der Waals surface area contributed by atoms with Gasteiger partial charge in [-0.15, -0.1) is 0 Å². The summed E-state index contributed by atoms with van der Waals surface area (Å²) in [5.41, 5.74) is 0.492. The number of rotatable bonds is 7. The summed E-state index contributed by atoms with van der Waals surface area (Å²) in [7, 11) is -3.75. The fourth-order valence-electron chi connectivity index (χ4n) is 2.02. The normalized spacial score (nSPS) is 11.0. The topological polar surface area (TPSA) is 114 Å². The summed E-state index contributed by atoms with van der Waals surface area (Å²) in [6, 6.07) is 12.5. The van der Waals surface area contributed by atoms with Crippen LogP contribution in [0.1, 0.15) is 0 Å². The summed E-state index contributed by atoms with van der Waals surface area (Å²) in [5.74, 6) is 0.135. The van der Waals surface area contributed by atoms with Gasteiger partial charge < -0.3 is 5.32 Å². The maximum Gasteiger partial charge on any atom is 0.263 e. The molecule has 10 heteroatoms. The minimum Gasteiger partial charge on any atom is -0.325 e. The molecule has 0 atom stereocenters. The molecule has 0 aliphatic carbocycles. The van der Waals surface area contributed by atoms with Crippen LogP contribution in [0, 0.1) is 0 Å². The highest BCUT2D eigenvalue weighted by atomic mass is 32.2. The number of anilines is 2. The number of sulfonamides is 1. The van der Waals surface area contributed by atoms with Crippen molar-refractivity contribution in [2.45, 2.75) is 10.1 Å². The number of benzene rings is 1. The molecule has 3 rings (SSSR count). The highest BCUT2D eigenvalue weighted by molar-refractivity contribution is 7.99. The third kappa shape index (κ3) is 5.50. The Morgan fingerprint density at radius 1 is 0.926 bits per heavy atom. The van der Waals surface area contributed by atoms with E-state index in [-0.39, 0.29) is 22.4 Å². The lowest BCUT2D eigenvalue weighted by Gasteiger charge is -2.09. The van der Waals surface area contributed by atoms with E-state index in [1.807, 2.05) is 0 Å². The Morgan fingerprint density at radius 3 is 2.30 bits per heavy atom. The largest absolute Gasteiger partial charge is 0.325 e. The SMILES string of the molecule is O=C(CSc1ncccn1)Nc1ccc(S(=O)(=O)Nc2ccccn2)cc1. The van der Waals surface area contributed by atoms with Gasteiger partial charge in [0, 0.05) is 24.3 Å². The molecule has 0 radical (unpaired) electrons. The molecule has 1 aromatic carbocycles. The third-order valence-electron chi connectivity index (χ3n) is 3.23. The molecule has 0 saturated heterocycles. The molecule has 0 fully saturated rings. The monoisotopic (exact) mass is 401 g/mol. The average Bonchev–Trinajstić information content (AvgIpc) is 2.68. The van der Waals surface area contributed by atoms with Crippen molar-refractivity contribution in [2.24, 2.45) is 0 Å². The standard InChI is InChI=1S/C17H15N5O3S2/c23-16(12-26-17-19-10-3-11-20-17)21-13-5-7-14(8-6-13)27(24,25)22-15-4-1-2-9-18-15/h1-11H,12H2,(H,18,22)(H,21,23). The number of carbonyl (C=O) groups excluding carboxylic acids is 1. The predicted octanol–water partition coefficient (Wildman–Crippen LogP) is 2.40. The van der Waals surface area contributed by atoms with Crippen molar-refractivity contribution >= 4 is 39.2 Å². The van der Waals surface area contributed by atoms with Gasteiger partial charge >= 0.3 is 0 Å². The number of carbonyl (C=O) groups is 1. The minimum atomic E-state index is -3.75. The minimum absolute atomic E-state index is 0.0678. The van der Waals surface area contributed by atoms with Crippen molar-refractivity contribution in [3.05, 3.63) is 67.1 Å². The van der Waals surface area contributed by atoms with Crippen LogP contribution >= 0.6 is 11.8 Å². The second kappa shape index (κ2) is 8.60. The van der Waals surface area contributed by atoms with Crippen LogP contribution < -0.4 is 10.0 Å². The maximum absolute atomic E-state index is 12.3. The molecule has 2 N–H and O–H groups in total. The van der Waals surface area contributed by atoms with Gasteiger partial charge in [-0.3, -0.25) is 9.52 Å². The van der Waals surface area contributed by atoms with Crippen LogP contribution in [0.4, 0.5) is 11.5 Å².